The molecule has 0 aromatic carbocycles. The smallest absolute Gasteiger partial charge is 0.403 e. The lowest BCUT2D eigenvalue weighted by atomic mass is 9.68. The molecule has 2 rings (SSSR count). The van der Waals surface area contributed by atoms with Gasteiger partial charge >= 0.3 is 7.12 Å². The van der Waals surface area contributed by atoms with Crippen LogP contribution >= 0.6 is 0 Å². The summed E-state index contributed by atoms with van der Waals surface area (Å²) in [5.41, 5.74) is 0.905. The van der Waals surface area contributed by atoms with Crippen LogP contribution in [0.4, 0.5) is 0 Å². The lowest BCUT2D eigenvalue weighted by Crippen LogP contribution is -2.41. The molecule has 0 radical (unpaired) electrons. The van der Waals surface area contributed by atoms with Crippen molar-refractivity contribution in [3.63, 3.8) is 0 Å². The molecule has 0 amide bonds. The van der Waals surface area contributed by atoms with Gasteiger partial charge in [0.25, 0.3) is 0 Å². The van der Waals surface area contributed by atoms with Crippen molar-refractivity contribution in [2.75, 3.05) is 0 Å². The van der Waals surface area contributed by atoms with E-state index in [4.69, 9.17) is 9.31 Å². The first-order valence-corrected chi connectivity index (χ1v) is 6.51. The Balaban J connectivity index is 2.09. The first-order chi connectivity index (χ1) is 7.82. The Morgan fingerprint density at radius 2 is 1.71 bits per heavy atom. The summed E-state index contributed by atoms with van der Waals surface area (Å²) < 4.78 is 12.2. The van der Waals surface area contributed by atoms with Crippen LogP contribution in [0.5, 0.6) is 0 Å². The minimum Gasteiger partial charge on any atom is -0.403 e. The highest BCUT2D eigenvalue weighted by molar-refractivity contribution is 6.47. The lowest BCUT2D eigenvalue weighted by molar-refractivity contribution is 0.00578. The Hall–Kier alpha value is -0.535. The molecule has 1 fully saturated rings. The Morgan fingerprint density at radius 1 is 1.12 bits per heavy atom. The SMILES string of the molecule is CC1=CCC(B2OC(C)(C)C(C)(C)O2)CC=C1. The fourth-order valence-electron chi connectivity index (χ4n) is 2.23. The summed E-state index contributed by atoms with van der Waals surface area (Å²) in [7, 11) is -0.0770. The highest BCUT2D eigenvalue weighted by Gasteiger charge is 2.53. The molecule has 1 atom stereocenters. The van der Waals surface area contributed by atoms with Gasteiger partial charge in [0.2, 0.25) is 0 Å². The van der Waals surface area contributed by atoms with Crippen LogP contribution in [0.3, 0.4) is 0 Å². The monoisotopic (exact) mass is 234 g/mol. The topological polar surface area (TPSA) is 18.5 Å². The van der Waals surface area contributed by atoms with Crippen molar-refractivity contribution >= 4 is 7.12 Å². The zero-order chi connectivity index (χ0) is 12.7. The first kappa shape index (κ1) is 12.9. The molecule has 1 saturated heterocycles. The molecule has 94 valence electrons. The van der Waals surface area contributed by atoms with Gasteiger partial charge in [-0.1, -0.05) is 23.8 Å². The van der Waals surface area contributed by atoms with E-state index >= 15 is 0 Å². The van der Waals surface area contributed by atoms with Crippen molar-refractivity contribution in [1.82, 2.24) is 0 Å². The fourth-order valence-corrected chi connectivity index (χ4v) is 2.23. The van der Waals surface area contributed by atoms with Gasteiger partial charge in [-0.25, -0.2) is 0 Å². The quantitative estimate of drug-likeness (QED) is 0.643. The second-order valence-electron chi connectivity index (χ2n) is 6.21. The van der Waals surface area contributed by atoms with Crippen LogP contribution in [0.2, 0.25) is 5.82 Å². The van der Waals surface area contributed by atoms with Crippen LogP contribution in [0.15, 0.2) is 23.8 Å². The van der Waals surface area contributed by atoms with E-state index in [9.17, 15) is 0 Å². The Kier molecular flexibility index (Phi) is 3.26. The van der Waals surface area contributed by atoms with E-state index in [2.05, 4.69) is 52.8 Å². The van der Waals surface area contributed by atoms with Crippen LogP contribution in [-0.4, -0.2) is 18.3 Å². The molecule has 0 bridgehead atoms. The predicted molar refractivity (Wildman–Crippen MR) is 72.0 cm³/mol. The van der Waals surface area contributed by atoms with E-state index in [0.29, 0.717) is 5.82 Å². The number of hydrogen-bond donors (Lipinski definition) is 0. The summed E-state index contributed by atoms with van der Waals surface area (Å²) in [5, 5.41) is 0. The maximum absolute atomic E-state index is 6.11. The maximum Gasteiger partial charge on any atom is 0.461 e. The minimum absolute atomic E-state index is 0.0770. The Bertz CT molecular complexity index is 339. The second-order valence-corrected chi connectivity index (χ2v) is 6.21. The van der Waals surface area contributed by atoms with Crippen molar-refractivity contribution in [2.45, 2.75) is 64.5 Å². The van der Waals surface area contributed by atoms with Crippen LogP contribution in [-0.2, 0) is 9.31 Å². The molecule has 0 aromatic rings. The van der Waals surface area contributed by atoms with E-state index in [-0.39, 0.29) is 18.3 Å². The third-order valence-corrected chi connectivity index (χ3v) is 4.22. The lowest BCUT2D eigenvalue weighted by Gasteiger charge is -2.32. The van der Waals surface area contributed by atoms with Gasteiger partial charge in [0, 0.05) is 5.82 Å². The largest absolute Gasteiger partial charge is 0.461 e. The molecule has 1 aliphatic heterocycles. The highest BCUT2D eigenvalue weighted by atomic mass is 16.7. The molecule has 1 aliphatic carbocycles. The molecule has 3 heteroatoms. The fraction of sp³-hybridized carbons (Fsp3) is 0.714. The number of allylic oxidation sites excluding steroid dienone is 4. The molecule has 0 N–H and O–H groups in total. The second kappa shape index (κ2) is 4.29. The molecular formula is C14H23BO2. The van der Waals surface area contributed by atoms with Gasteiger partial charge in [-0.05, 0) is 47.5 Å². The van der Waals surface area contributed by atoms with E-state index in [1.165, 1.54) is 5.57 Å². The van der Waals surface area contributed by atoms with Crippen LogP contribution in [0.1, 0.15) is 47.5 Å². The minimum atomic E-state index is -0.216. The van der Waals surface area contributed by atoms with E-state index in [0.717, 1.165) is 12.8 Å². The summed E-state index contributed by atoms with van der Waals surface area (Å²) in [5.74, 6) is 0.435. The third-order valence-electron chi connectivity index (χ3n) is 4.22. The number of rotatable bonds is 1. The van der Waals surface area contributed by atoms with E-state index < -0.39 is 0 Å². The van der Waals surface area contributed by atoms with Crippen LogP contribution in [0, 0.1) is 0 Å². The summed E-state index contributed by atoms with van der Waals surface area (Å²) in [6.07, 6.45) is 8.76. The summed E-state index contributed by atoms with van der Waals surface area (Å²) >= 11 is 0. The zero-order valence-corrected chi connectivity index (χ0v) is 11.6. The molecule has 0 spiro atoms. The normalized spacial score (nSPS) is 31.2. The van der Waals surface area contributed by atoms with Crippen LogP contribution in [0.25, 0.3) is 0 Å². The van der Waals surface area contributed by atoms with Crippen molar-refractivity contribution in [1.29, 1.82) is 0 Å². The average Bonchev–Trinajstić information content (AvgIpc) is 2.39. The number of hydrogen-bond acceptors (Lipinski definition) is 2. The van der Waals surface area contributed by atoms with Crippen molar-refractivity contribution in [3.8, 4) is 0 Å². The Labute approximate surface area is 105 Å². The standard InChI is InChI=1S/C14H23BO2/c1-11-7-6-8-12(10-9-11)15-16-13(2,3)14(4,5)17-15/h6-7,9,12H,8,10H2,1-5H3. The van der Waals surface area contributed by atoms with Crippen molar-refractivity contribution < 1.29 is 9.31 Å². The van der Waals surface area contributed by atoms with Gasteiger partial charge < -0.3 is 9.31 Å². The summed E-state index contributed by atoms with van der Waals surface area (Å²) in [4.78, 5) is 0. The molecule has 0 saturated carbocycles. The van der Waals surface area contributed by atoms with Gasteiger partial charge in [0.1, 0.15) is 0 Å². The summed E-state index contributed by atoms with van der Waals surface area (Å²) in [6.45, 7) is 10.6. The molecular weight excluding hydrogens is 211 g/mol. The Morgan fingerprint density at radius 3 is 2.29 bits per heavy atom. The van der Waals surface area contributed by atoms with E-state index in [1.807, 2.05) is 0 Å². The van der Waals surface area contributed by atoms with Gasteiger partial charge in [0.05, 0.1) is 11.2 Å². The molecule has 1 heterocycles. The molecule has 17 heavy (non-hydrogen) atoms. The molecule has 2 aliphatic rings. The molecule has 1 unspecified atom stereocenters. The molecule has 0 aromatic heterocycles. The van der Waals surface area contributed by atoms with Gasteiger partial charge in [0.15, 0.2) is 0 Å². The van der Waals surface area contributed by atoms with Gasteiger partial charge in [-0.15, -0.1) is 0 Å². The molecule has 2 nitrogen and oxygen atoms in total. The third kappa shape index (κ3) is 2.50. The zero-order valence-electron chi connectivity index (χ0n) is 11.6. The average molecular weight is 234 g/mol. The van der Waals surface area contributed by atoms with Gasteiger partial charge in [-0.2, -0.15) is 0 Å². The summed E-state index contributed by atoms with van der Waals surface area (Å²) in [6, 6.07) is 0. The maximum atomic E-state index is 6.11. The first-order valence-electron chi connectivity index (χ1n) is 6.51. The van der Waals surface area contributed by atoms with Gasteiger partial charge in [-0.3, -0.25) is 0 Å². The van der Waals surface area contributed by atoms with Crippen molar-refractivity contribution in [2.24, 2.45) is 0 Å². The highest BCUT2D eigenvalue weighted by Crippen LogP contribution is 2.42. The van der Waals surface area contributed by atoms with E-state index in [1.54, 1.807) is 0 Å². The van der Waals surface area contributed by atoms with Crippen molar-refractivity contribution in [3.05, 3.63) is 23.8 Å². The predicted octanol–water partition coefficient (Wildman–Crippen LogP) is 3.75. The van der Waals surface area contributed by atoms with Crippen LogP contribution < -0.4 is 0 Å².